The monoisotopic (exact) mass is 257 g/mol. The first kappa shape index (κ1) is 12.2. The maximum Gasteiger partial charge on any atom is 0.165 e. The van der Waals surface area contributed by atoms with Crippen molar-refractivity contribution in [1.29, 1.82) is 0 Å². The Bertz CT molecular complexity index is 624. The summed E-state index contributed by atoms with van der Waals surface area (Å²) in [6.45, 7) is 2.44. The Morgan fingerprint density at radius 2 is 2.11 bits per heavy atom. The van der Waals surface area contributed by atoms with Crippen molar-refractivity contribution in [2.45, 2.75) is 19.4 Å². The summed E-state index contributed by atoms with van der Waals surface area (Å²) in [4.78, 5) is 0. The highest BCUT2D eigenvalue weighted by Gasteiger charge is 2.25. The molecule has 0 bridgehead atoms. The van der Waals surface area contributed by atoms with Crippen LogP contribution in [0.2, 0.25) is 0 Å². The van der Waals surface area contributed by atoms with Crippen LogP contribution in [0.4, 0.5) is 4.39 Å². The minimum absolute atomic E-state index is 0.100. The van der Waals surface area contributed by atoms with Gasteiger partial charge in [0.05, 0.1) is 0 Å². The molecule has 0 amide bonds. The minimum Gasteiger partial charge on any atom is -0.485 e. The van der Waals surface area contributed by atoms with E-state index in [9.17, 15) is 4.39 Å². The number of benzene rings is 2. The Balaban J connectivity index is 2.07. The second-order valence-electron chi connectivity index (χ2n) is 4.94. The molecule has 0 radical (unpaired) electrons. The predicted molar refractivity (Wildman–Crippen MR) is 73.7 cm³/mol. The van der Waals surface area contributed by atoms with Gasteiger partial charge in [-0.1, -0.05) is 24.3 Å². The zero-order valence-corrected chi connectivity index (χ0v) is 10.8. The number of fused-ring (bicyclic) bond motifs is 1. The van der Waals surface area contributed by atoms with Crippen molar-refractivity contribution in [1.82, 2.24) is 0 Å². The SMILES string of the molecule is Cc1ccccc1-c1cc(F)c2c(c1)CC(CN)O2. The second kappa shape index (κ2) is 4.67. The van der Waals surface area contributed by atoms with E-state index in [1.807, 2.05) is 37.3 Å². The Kier molecular flexibility index (Phi) is 2.99. The molecule has 1 atom stereocenters. The van der Waals surface area contributed by atoms with Crippen LogP contribution in [0, 0.1) is 12.7 Å². The summed E-state index contributed by atoms with van der Waals surface area (Å²) in [6.07, 6.45) is 0.583. The van der Waals surface area contributed by atoms with Gasteiger partial charge >= 0.3 is 0 Å². The fourth-order valence-corrected chi connectivity index (χ4v) is 2.57. The fraction of sp³-hybridized carbons (Fsp3) is 0.250. The van der Waals surface area contributed by atoms with Gasteiger partial charge in [0.2, 0.25) is 0 Å². The summed E-state index contributed by atoms with van der Waals surface area (Å²) in [5, 5.41) is 0. The third-order valence-electron chi connectivity index (χ3n) is 3.57. The molecule has 2 nitrogen and oxygen atoms in total. The molecule has 1 aliphatic heterocycles. The van der Waals surface area contributed by atoms with Crippen molar-refractivity contribution in [3.63, 3.8) is 0 Å². The van der Waals surface area contributed by atoms with Crippen molar-refractivity contribution in [2.24, 2.45) is 5.73 Å². The molecular formula is C16H16FNO. The average molecular weight is 257 g/mol. The molecule has 1 aliphatic rings. The Morgan fingerprint density at radius 1 is 1.32 bits per heavy atom. The van der Waals surface area contributed by atoms with Gasteiger partial charge < -0.3 is 10.5 Å². The normalized spacial score (nSPS) is 17.1. The Morgan fingerprint density at radius 3 is 2.84 bits per heavy atom. The smallest absolute Gasteiger partial charge is 0.165 e. The number of aryl methyl sites for hydroxylation is 1. The summed E-state index contributed by atoms with van der Waals surface area (Å²) >= 11 is 0. The summed E-state index contributed by atoms with van der Waals surface area (Å²) < 4.78 is 19.6. The maximum absolute atomic E-state index is 14.1. The van der Waals surface area contributed by atoms with Crippen molar-refractivity contribution >= 4 is 0 Å². The Hall–Kier alpha value is -1.87. The maximum atomic E-state index is 14.1. The summed E-state index contributed by atoms with van der Waals surface area (Å²) in [7, 11) is 0. The van der Waals surface area contributed by atoms with Crippen molar-refractivity contribution in [3.8, 4) is 16.9 Å². The van der Waals surface area contributed by atoms with Crippen molar-refractivity contribution < 1.29 is 9.13 Å². The van der Waals surface area contributed by atoms with Crippen LogP contribution in [0.5, 0.6) is 5.75 Å². The van der Waals surface area contributed by atoms with Gasteiger partial charge in [0, 0.05) is 18.5 Å². The molecule has 98 valence electrons. The lowest BCUT2D eigenvalue weighted by atomic mass is 9.97. The quantitative estimate of drug-likeness (QED) is 0.897. The lowest BCUT2D eigenvalue weighted by Gasteiger charge is -2.09. The largest absolute Gasteiger partial charge is 0.485 e. The molecule has 1 unspecified atom stereocenters. The fourth-order valence-electron chi connectivity index (χ4n) is 2.57. The van der Waals surface area contributed by atoms with E-state index >= 15 is 0 Å². The molecule has 1 heterocycles. The number of halogens is 1. The number of rotatable bonds is 2. The van der Waals surface area contributed by atoms with E-state index in [0.29, 0.717) is 18.7 Å². The third-order valence-corrected chi connectivity index (χ3v) is 3.57. The van der Waals surface area contributed by atoms with E-state index in [1.54, 1.807) is 6.07 Å². The standard InChI is InChI=1S/C16H16FNO/c1-10-4-2-3-5-14(10)11-6-12-7-13(9-18)19-16(12)15(17)8-11/h2-6,8,13H,7,9,18H2,1H3. The molecule has 19 heavy (non-hydrogen) atoms. The van der Waals surface area contributed by atoms with Gasteiger partial charge in [-0.05, 0) is 35.7 Å². The van der Waals surface area contributed by atoms with Crippen LogP contribution in [-0.2, 0) is 6.42 Å². The molecule has 0 saturated carbocycles. The molecular weight excluding hydrogens is 241 g/mol. The van der Waals surface area contributed by atoms with Crippen LogP contribution in [0.3, 0.4) is 0 Å². The van der Waals surface area contributed by atoms with Gasteiger partial charge in [-0.15, -0.1) is 0 Å². The molecule has 2 aromatic carbocycles. The van der Waals surface area contributed by atoms with Crippen molar-refractivity contribution in [2.75, 3.05) is 6.54 Å². The zero-order valence-electron chi connectivity index (χ0n) is 10.8. The lowest BCUT2D eigenvalue weighted by molar-refractivity contribution is 0.232. The summed E-state index contributed by atoms with van der Waals surface area (Å²) in [5.41, 5.74) is 9.59. The number of nitrogens with two attached hydrogens (primary N) is 1. The van der Waals surface area contributed by atoms with Gasteiger partial charge in [-0.2, -0.15) is 0 Å². The molecule has 0 aliphatic carbocycles. The van der Waals surface area contributed by atoms with Crippen LogP contribution >= 0.6 is 0 Å². The highest BCUT2D eigenvalue weighted by molar-refractivity contribution is 5.69. The van der Waals surface area contributed by atoms with Gasteiger partial charge in [0.1, 0.15) is 6.10 Å². The average Bonchev–Trinajstić information content (AvgIpc) is 2.83. The topological polar surface area (TPSA) is 35.2 Å². The van der Waals surface area contributed by atoms with Crippen LogP contribution in [0.15, 0.2) is 36.4 Å². The van der Waals surface area contributed by atoms with E-state index < -0.39 is 0 Å². The lowest BCUT2D eigenvalue weighted by Crippen LogP contribution is -2.24. The van der Waals surface area contributed by atoms with E-state index in [0.717, 1.165) is 22.3 Å². The first-order valence-corrected chi connectivity index (χ1v) is 6.44. The van der Waals surface area contributed by atoms with Gasteiger partial charge in [0.25, 0.3) is 0 Å². The number of hydrogen-bond donors (Lipinski definition) is 1. The molecule has 3 rings (SSSR count). The van der Waals surface area contributed by atoms with Gasteiger partial charge in [-0.25, -0.2) is 4.39 Å². The molecule has 3 heteroatoms. The Labute approximate surface area is 112 Å². The van der Waals surface area contributed by atoms with Gasteiger partial charge in [0.15, 0.2) is 11.6 Å². The predicted octanol–water partition coefficient (Wildman–Crippen LogP) is 3.06. The molecule has 0 spiro atoms. The van der Waals surface area contributed by atoms with Crippen molar-refractivity contribution in [3.05, 3.63) is 53.3 Å². The van der Waals surface area contributed by atoms with Gasteiger partial charge in [-0.3, -0.25) is 0 Å². The van der Waals surface area contributed by atoms with E-state index in [4.69, 9.17) is 10.5 Å². The first-order valence-electron chi connectivity index (χ1n) is 6.44. The second-order valence-corrected chi connectivity index (χ2v) is 4.94. The van der Waals surface area contributed by atoms with Crippen LogP contribution < -0.4 is 10.5 Å². The highest BCUT2D eigenvalue weighted by atomic mass is 19.1. The summed E-state index contributed by atoms with van der Waals surface area (Å²) in [5.74, 6) is 0.0690. The zero-order chi connectivity index (χ0) is 13.4. The van der Waals surface area contributed by atoms with E-state index in [1.165, 1.54) is 0 Å². The third kappa shape index (κ3) is 2.10. The molecule has 2 aromatic rings. The molecule has 2 N–H and O–H groups in total. The molecule has 0 aromatic heterocycles. The van der Waals surface area contributed by atoms with Crippen LogP contribution in [0.1, 0.15) is 11.1 Å². The first-order chi connectivity index (χ1) is 9.19. The molecule has 0 fully saturated rings. The number of hydrogen-bond acceptors (Lipinski definition) is 2. The molecule has 0 saturated heterocycles. The number of ether oxygens (including phenoxy) is 1. The highest BCUT2D eigenvalue weighted by Crippen LogP contribution is 2.36. The van der Waals surface area contributed by atoms with E-state index in [-0.39, 0.29) is 11.9 Å². The van der Waals surface area contributed by atoms with Crippen LogP contribution in [-0.4, -0.2) is 12.6 Å². The minimum atomic E-state index is -0.299. The summed E-state index contributed by atoms with van der Waals surface area (Å²) in [6, 6.07) is 11.5. The van der Waals surface area contributed by atoms with E-state index in [2.05, 4.69) is 0 Å². The van der Waals surface area contributed by atoms with Crippen LogP contribution in [0.25, 0.3) is 11.1 Å².